The van der Waals surface area contributed by atoms with Crippen LogP contribution < -0.4 is 0 Å². The first kappa shape index (κ1) is 15.8. The molecule has 0 aliphatic carbocycles. The van der Waals surface area contributed by atoms with Crippen molar-refractivity contribution in [3.63, 3.8) is 0 Å². The fourth-order valence-electron chi connectivity index (χ4n) is 1.85. The number of aliphatic carboxylic acids is 1. The number of rotatable bonds is 3. The number of carbonyl (C=O) groups is 2. The summed E-state index contributed by atoms with van der Waals surface area (Å²) in [7, 11) is 0. The van der Waals surface area contributed by atoms with E-state index in [0.29, 0.717) is 25.9 Å². The summed E-state index contributed by atoms with van der Waals surface area (Å²) in [5.74, 6) is -0.963. The zero-order valence-electron chi connectivity index (χ0n) is 12.0. The lowest BCUT2D eigenvalue weighted by molar-refractivity contribution is -0.154. The number of hydrogen-bond acceptors (Lipinski definition) is 4. The molecule has 0 spiro atoms. The second kappa shape index (κ2) is 6.23. The zero-order valence-corrected chi connectivity index (χ0v) is 12.0. The summed E-state index contributed by atoms with van der Waals surface area (Å²) in [5, 5.41) is 8.77. The summed E-state index contributed by atoms with van der Waals surface area (Å²) in [6, 6.07) is 0. The molecule has 0 aromatic heterocycles. The third-order valence-corrected chi connectivity index (χ3v) is 2.84. The molecule has 1 aliphatic rings. The average Bonchev–Trinajstić information content (AvgIpc) is 2.27. The van der Waals surface area contributed by atoms with Gasteiger partial charge in [0.2, 0.25) is 0 Å². The SMILES string of the molecule is C[C@@H](OC1CCN(C(=O)OC(C)(C)C)CC1)C(=O)O. The van der Waals surface area contributed by atoms with Gasteiger partial charge < -0.3 is 19.5 Å². The summed E-state index contributed by atoms with van der Waals surface area (Å²) in [5.41, 5.74) is -0.498. The summed E-state index contributed by atoms with van der Waals surface area (Å²) in [4.78, 5) is 24.1. The molecule has 6 heteroatoms. The molecular weight excluding hydrogens is 250 g/mol. The minimum atomic E-state index is -0.963. The molecular formula is C13H23NO5. The number of carboxylic acids is 1. The van der Waals surface area contributed by atoms with E-state index in [9.17, 15) is 9.59 Å². The second-order valence-electron chi connectivity index (χ2n) is 5.78. The van der Waals surface area contributed by atoms with Gasteiger partial charge in [0.1, 0.15) is 5.60 Å². The molecule has 1 rings (SSSR count). The van der Waals surface area contributed by atoms with Crippen molar-refractivity contribution in [1.82, 2.24) is 4.90 Å². The first-order chi connectivity index (χ1) is 8.69. The molecule has 1 amide bonds. The quantitative estimate of drug-likeness (QED) is 0.849. The Morgan fingerprint density at radius 2 is 1.79 bits per heavy atom. The Morgan fingerprint density at radius 3 is 2.21 bits per heavy atom. The third kappa shape index (κ3) is 5.46. The molecule has 0 radical (unpaired) electrons. The summed E-state index contributed by atoms with van der Waals surface area (Å²) in [6.45, 7) is 8.07. The Morgan fingerprint density at radius 1 is 1.26 bits per heavy atom. The highest BCUT2D eigenvalue weighted by Crippen LogP contribution is 2.18. The number of hydrogen-bond donors (Lipinski definition) is 1. The molecule has 1 atom stereocenters. The van der Waals surface area contributed by atoms with E-state index in [1.54, 1.807) is 4.90 Å². The van der Waals surface area contributed by atoms with Crippen molar-refractivity contribution in [2.75, 3.05) is 13.1 Å². The third-order valence-electron chi connectivity index (χ3n) is 2.84. The number of amides is 1. The topological polar surface area (TPSA) is 76.1 Å². The monoisotopic (exact) mass is 273 g/mol. The van der Waals surface area contributed by atoms with Gasteiger partial charge in [-0.1, -0.05) is 0 Å². The Hall–Kier alpha value is -1.30. The average molecular weight is 273 g/mol. The second-order valence-corrected chi connectivity index (χ2v) is 5.78. The fourth-order valence-corrected chi connectivity index (χ4v) is 1.85. The maximum absolute atomic E-state index is 11.8. The standard InChI is InChI=1S/C13H23NO5/c1-9(11(15)16)18-10-5-7-14(8-6-10)12(17)19-13(2,3)4/h9-10H,5-8H2,1-4H3,(H,15,16)/t9-/m1/s1. The van der Waals surface area contributed by atoms with Gasteiger partial charge in [0.25, 0.3) is 0 Å². The normalized spacial score (nSPS) is 19.1. The number of carbonyl (C=O) groups excluding carboxylic acids is 1. The Labute approximate surface area is 113 Å². The van der Waals surface area contributed by atoms with Crippen molar-refractivity contribution in [2.45, 2.75) is 58.3 Å². The Kier molecular flexibility index (Phi) is 5.17. The van der Waals surface area contributed by atoms with E-state index >= 15 is 0 Å². The van der Waals surface area contributed by atoms with Crippen LogP contribution in [-0.2, 0) is 14.3 Å². The van der Waals surface area contributed by atoms with E-state index in [4.69, 9.17) is 14.6 Å². The predicted octanol–water partition coefficient (Wildman–Crippen LogP) is 1.88. The Bertz CT molecular complexity index is 328. The highest BCUT2D eigenvalue weighted by Gasteiger charge is 2.28. The predicted molar refractivity (Wildman–Crippen MR) is 69.0 cm³/mol. The maximum Gasteiger partial charge on any atom is 0.410 e. The van der Waals surface area contributed by atoms with E-state index in [2.05, 4.69) is 0 Å². The van der Waals surface area contributed by atoms with Crippen LogP contribution >= 0.6 is 0 Å². The van der Waals surface area contributed by atoms with Crippen LogP contribution in [0.5, 0.6) is 0 Å². The highest BCUT2D eigenvalue weighted by molar-refractivity contribution is 5.71. The van der Waals surface area contributed by atoms with Crippen molar-refractivity contribution in [3.05, 3.63) is 0 Å². The van der Waals surface area contributed by atoms with Gasteiger partial charge in [0.05, 0.1) is 6.10 Å². The zero-order chi connectivity index (χ0) is 14.6. The molecule has 1 aliphatic heterocycles. The molecule has 0 saturated carbocycles. The number of ether oxygens (including phenoxy) is 2. The molecule has 0 aromatic carbocycles. The first-order valence-electron chi connectivity index (χ1n) is 6.55. The van der Waals surface area contributed by atoms with Gasteiger partial charge in [-0.05, 0) is 40.5 Å². The molecule has 19 heavy (non-hydrogen) atoms. The summed E-state index contributed by atoms with van der Waals surface area (Å²) >= 11 is 0. The van der Waals surface area contributed by atoms with Crippen LogP contribution in [0.15, 0.2) is 0 Å². The lowest BCUT2D eigenvalue weighted by Gasteiger charge is -2.33. The van der Waals surface area contributed by atoms with E-state index in [-0.39, 0.29) is 12.2 Å². The van der Waals surface area contributed by atoms with Gasteiger partial charge in [0.15, 0.2) is 6.10 Å². The van der Waals surface area contributed by atoms with Gasteiger partial charge in [0, 0.05) is 13.1 Å². The number of piperidine rings is 1. The molecule has 0 unspecified atom stereocenters. The largest absolute Gasteiger partial charge is 0.479 e. The van der Waals surface area contributed by atoms with Crippen molar-refractivity contribution in [3.8, 4) is 0 Å². The van der Waals surface area contributed by atoms with Crippen LogP contribution in [0.25, 0.3) is 0 Å². The fraction of sp³-hybridized carbons (Fsp3) is 0.846. The van der Waals surface area contributed by atoms with E-state index < -0.39 is 17.7 Å². The summed E-state index contributed by atoms with van der Waals surface area (Å²) in [6.07, 6.45) is 0.0355. The van der Waals surface area contributed by atoms with Gasteiger partial charge in [-0.15, -0.1) is 0 Å². The molecule has 1 N–H and O–H groups in total. The first-order valence-corrected chi connectivity index (χ1v) is 6.55. The lowest BCUT2D eigenvalue weighted by Crippen LogP contribution is -2.44. The van der Waals surface area contributed by atoms with E-state index in [1.165, 1.54) is 6.92 Å². The molecule has 1 saturated heterocycles. The van der Waals surface area contributed by atoms with Crippen molar-refractivity contribution >= 4 is 12.1 Å². The smallest absolute Gasteiger partial charge is 0.410 e. The van der Waals surface area contributed by atoms with Crippen LogP contribution in [0.2, 0.25) is 0 Å². The van der Waals surface area contributed by atoms with E-state index in [1.807, 2.05) is 20.8 Å². The maximum atomic E-state index is 11.8. The minimum Gasteiger partial charge on any atom is -0.479 e. The van der Waals surface area contributed by atoms with Gasteiger partial charge in [-0.3, -0.25) is 0 Å². The minimum absolute atomic E-state index is 0.107. The molecule has 0 bridgehead atoms. The van der Waals surface area contributed by atoms with Crippen LogP contribution in [0.3, 0.4) is 0 Å². The molecule has 0 aromatic rings. The van der Waals surface area contributed by atoms with Crippen LogP contribution in [0, 0.1) is 0 Å². The van der Waals surface area contributed by atoms with E-state index in [0.717, 1.165) is 0 Å². The van der Waals surface area contributed by atoms with Crippen molar-refractivity contribution in [1.29, 1.82) is 0 Å². The van der Waals surface area contributed by atoms with Crippen molar-refractivity contribution in [2.24, 2.45) is 0 Å². The molecule has 6 nitrogen and oxygen atoms in total. The van der Waals surface area contributed by atoms with Gasteiger partial charge in [-0.25, -0.2) is 9.59 Å². The van der Waals surface area contributed by atoms with Gasteiger partial charge in [-0.2, -0.15) is 0 Å². The van der Waals surface area contributed by atoms with Gasteiger partial charge >= 0.3 is 12.1 Å². The lowest BCUT2D eigenvalue weighted by atomic mass is 10.1. The number of likely N-dealkylation sites (tertiary alicyclic amines) is 1. The summed E-state index contributed by atoms with van der Waals surface area (Å²) < 4.78 is 10.7. The number of nitrogens with zero attached hydrogens (tertiary/aromatic N) is 1. The Balaban J connectivity index is 2.36. The highest BCUT2D eigenvalue weighted by atomic mass is 16.6. The molecule has 110 valence electrons. The molecule has 1 fully saturated rings. The van der Waals surface area contributed by atoms with Crippen LogP contribution in [-0.4, -0.2) is 53.0 Å². The number of carboxylic acid groups (broad SMARTS) is 1. The van der Waals surface area contributed by atoms with Crippen LogP contribution in [0.1, 0.15) is 40.5 Å². The van der Waals surface area contributed by atoms with Crippen LogP contribution in [0.4, 0.5) is 4.79 Å². The molecule has 1 heterocycles. The van der Waals surface area contributed by atoms with Crippen molar-refractivity contribution < 1.29 is 24.2 Å².